The Kier molecular flexibility index (Phi) is 9.81. The van der Waals surface area contributed by atoms with Crippen LogP contribution in [-0.4, -0.2) is 81.6 Å². The number of allylic oxidation sites excluding steroid dienone is 1. The molecule has 10 nitrogen and oxygen atoms in total. The van der Waals surface area contributed by atoms with E-state index in [9.17, 15) is 19.5 Å². The van der Waals surface area contributed by atoms with E-state index in [1.54, 1.807) is 17.1 Å². The number of carbonyl (C=O) groups is 4. The lowest BCUT2D eigenvalue weighted by Gasteiger charge is -2.46. The molecule has 2 fully saturated rings. The molecule has 2 aromatic rings. The van der Waals surface area contributed by atoms with Gasteiger partial charge in [-0.25, -0.2) is 0 Å². The zero-order chi connectivity index (χ0) is 35.8. The number of nitrogens with one attached hydrogen (secondary N) is 1. The van der Waals surface area contributed by atoms with E-state index in [4.69, 9.17) is 9.47 Å². The van der Waals surface area contributed by atoms with E-state index in [2.05, 4.69) is 26.1 Å². The summed E-state index contributed by atoms with van der Waals surface area (Å²) in [5, 5.41) is 13.8. The molecule has 2 aromatic carbocycles. The van der Waals surface area contributed by atoms with Gasteiger partial charge in [-0.15, -0.1) is 0 Å². The molecule has 0 aromatic heterocycles. The molecule has 2 N–H and O–H groups in total. The lowest BCUT2D eigenvalue weighted by atomic mass is 9.74. The fourth-order valence-corrected chi connectivity index (χ4v) is 8.62. The number of aliphatic hydroxyl groups excluding tert-OH is 1. The molecule has 7 atom stereocenters. The normalized spacial score (nSPS) is 30.2. The van der Waals surface area contributed by atoms with Crippen molar-refractivity contribution in [3.05, 3.63) is 96.1 Å². The van der Waals surface area contributed by atoms with Crippen LogP contribution in [0.25, 0.3) is 0 Å². The molecule has 1 spiro atoms. The third-order valence-corrected chi connectivity index (χ3v) is 10.4. The summed E-state index contributed by atoms with van der Waals surface area (Å²) < 4.78 is 12.8. The topological polar surface area (TPSA) is 125 Å². The number of hydrogen-bond acceptors (Lipinski definition) is 7. The van der Waals surface area contributed by atoms with Gasteiger partial charge < -0.3 is 29.7 Å². The molecule has 6 rings (SSSR count). The molecule has 2 saturated heterocycles. The van der Waals surface area contributed by atoms with Crippen molar-refractivity contribution in [2.45, 2.75) is 89.3 Å². The van der Waals surface area contributed by atoms with Gasteiger partial charge in [-0.05, 0) is 43.2 Å². The Morgan fingerprint density at radius 1 is 0.940 bits per heavy atom. The molecule has 0 saturated carbocycles. The van der Waals surface area contributed by atoms with Crippen molar-refractivity contribution >= 4 is 23.7 Å². The minimum absolute atomic E-state index is 0.0543. The average molecular weight is 684 g/mol. The summed E-state index contributed by atoms with van der Waals surface area (Å²) in [6.45, 7) is 10.2. The summed E-state index contributed by atoms with van der Waals surface area (Å²) in [6, 6.07) is 16.3. The Balaban J connectivity index is 1.49. The van der Waals surface area contributed by atoms with Crippen molar-refractivity contribution in [2.24, 2.45) is 17.3 Å². The quantitative estimate of drug-likeness (QED) is 0.335. The smallest absolute Gasteiger partial charge is 0.313 e. The van der Waals surface area contributed by atoms with Crippen LogP contribution in [0.5, 0.6) is 0 Å². The third-order valence-electron chi connectivity index (χ3n) is 10.4. The van der Waals surface area contributed by atoms with Gasteiger partial charge in [0.15, 0.2) is 0 Å². The number of rotatable bonds is 6. The molecule has 4 aliphatic rings. The molecule has 0 unspecified atom stereocenters. The van der Waals surface area contributed by atoms with Crippen molar-refractivity contribution in [1.29, 1.82) is 0 Å². The van der Waals surface area contributed by atoms with Gasteiger partial charge in [-0.2, -0.15) is 0 Å². The Hall–Kier alpha value is -4.28. The highest BCUT2D eigenvalue weighted by molar-refractivity contribution is 5.99. The number of amides is 3. The Morgan fingerprint density at radius 2 is 1.62 bits per heavy atom. The summed E-state index contributed by atoms with van der Waals surface area (Å²) in [5.74, 6) is -3.74. The highest BCUT2D eigenvalue weighted by atomic mass is 16.6. The van der Waals surface area contributed by atoms with Crippen LogP contribution in [0.3, 0.4) is 0 Å². The number of fused-ring (bicyclic) bond motifs is 2. The van der Waals surface area contributed by atoms with Crippen LogP contribution in [-0.2, 0) is 28.7 Å². The van der Waals surface area contributed by atoms with Crippen LogP contribution in [0.4, 0.5) is 0 Å². The predicted molar refractivity (Wildman–Crippen MR) is 187 cm³/mol. The van der Waals surface area contributed by atoms with Gasteiger partial charge in [-0.1, -0.05) is 106 Å². The average Bonchev–Trinajstić information content (AvgIpc) is 3.71. The second-order valence-electron chi connectivity index (χ2n) is 15.7. The number of cyclic esters (lactones) is 1. The SMILES string of the molecule is CC(C)(C)CC(C)(C)N1C/C=C\CCC(=O)NC[C@H](c2ccccc2)OC(=O)[C@@H]2[C@H]3C(=O)N([C@H](CO)c4ccccc4)[C@H](C1=O)[C@]31C=C[C@H]2O1. The molecule has 266 valence electrons. The lowest BCUT2D eigenvalue weighted by molar-refractivity contribution is -0.161. The zero-order valence-electron chi connectivity index (χ0n) is 29.6. The summed E-state index contributed by atoms with van der Waals surface area (Å²) in [7, 11) is 0. The van der Waals surface area contributed by atoms with Gasteiger partial charge in [0, 0.05) is 18.5 Å². The number of ether oxygens (including phenoxy) is 2. The number of likely N-dealkylation sites (tertiary alicyclic amines) is 1. The third kappa shape index (κ3) is 6.63. The fourth-order valence-electron chi connectivity index (χ4n) is 8.62. The maximum atomic E-state index is 15.4. The number of carbonyl (C=O) groups excluding carboxylic acids is 4. The summed E-state index contributed by atoms with van der Waals surface area (Å²) >= 11 is 0. The van der Waals surface area contributed by atoms with Gasteiger partial charge in [-0.3, -0.25) is 19.2 Å². The molecular formula is C40H49N3O7. The first-order chi connectivity index (χ1) is 23.8. The number of benzene rings is 2. The highest BCUT2D eigenvalue weighted by Crippen LogP contribution is 2.57. The van der Waals surface area contributed by atoms with Crippen molar-refractivity contribution < 1.29 is 33.8 Å². The largest absolute Gasteiger partial charge is 0.455 e. The molecular weight excluding hydrogens is 634 g/mol. The van der Waals surface area contributed by atoms with Gasteiger partial charge in [0.25, 0.3) is 0 Å². The van der Waals surface area contributed by atoms with E-state index in [0.717, 1.165) is 0 Å². The first-order valence-corrected chi connectivity index (χ1v) is 17.6. The van der Waals surface area contributed by atoms with Crippen molar-refractivity contribution in [3.8, 4) is 0 Å². The summed E-state index contributed by atoms with van der Waals surface area (Å²) in [4.78, 5) is 60.7. The number of hydrogen-bond donors (Lipinski definition) is 2. The number of esters is 1. The van der Waals surface area contributed by atoms with E-state index in [1.165, 1.54) is 4.90 Å². The number of nitrogens with zero attached hydrogens (tertiary/aromatic N) is 2. The van der Waals surface area contributed by atoms with E-state index >= 15 is 4.79 Å². The molecule has 10 heteroatoms. The van der Waals surface area contributed by atoms with Gasteiger partial charge in [0.05, 0.1) is 31.2 Å². The molecule has 50 heavy (non-hydrogen) atoms. The molecule has 4 aliphatic heterocycles. The number of aliphatic hydroxyl groups is 1. The lowest BCUT2D eigenvalue weighted by Crippen LogP contribution is -2.61. The Morgan fingerprint density at radius 3 is 2.28 bits per heavy atom. The van der Waals surface area contributed by atoms with Crippen LogP contribution >= 0.6 is 0 Å². The van der Waals surface area contributed by atoms with Gasteiger partial charge in [0.2, 0.25) is 17.7 Å². The second kappa shape index (κ2) is 13.8. The van der Waals surface area contributed by atoms with Crippen molar-refractivity contribution in [3.63, 3.8) is 0 Å². The summed E-state index contributed by atoms with van der Waals surface area (Å²) in [5.41, 5.74) is -0.921. The maximum absolute atomic E-state index is 15.4. The first-order valence-electron chi connectivity index (χ1n) is 17.6. The monoisotopic (exact) mass is 683 g/mol. The van der Waals surface area contributed by atoms with E-state index in [1.807, 2.05) is 86.7 Å². The highest BCUT2D eigenvalue weighted by Gasteiger charge is 2.74. The second-order valence-corrected chi connectivity index (χ2v) is 15.7. The van der Waals surface area contributed by atoms with Crippen LogP contribution in [0.15, 0.2) is 85.0 Å². The molecule has 5 bridgehead atoms. The van der Waals surface area contributed by atoms with Gasteiger partial charge in [0.1, 0.15) is 23.7 Å². The molecule has 3 amide bonds. The van der Waals surface area contributed by atoms with Crippen LogP contribution < -0.4 is 5.32 Å². The minimum Gasteiger partial charge on any atom is -0.455 e. The molecule has 4 heterocycles. The first kappa shape index (κ1) is 35.5. The maximum Gasteiger partial charge on any atom is 0.313 e. The molecule has 0 radical (unpaired) electrons. The van der Waals surface area contributed by atoms with Gasteiger partial charge >= 0.3 is 5.97 Å². The fraction of sp³-hybridized carbons (Fsp3) is 0.500. The Bertz CT molecular complexity index is 1650. The van der Waals surface area contributed by atoms with Crippen LogP contribution in [0.1, 0.15) is 77.2 Å². The zero-order valence-corrected chi connectivity index (χ0v) is 29.6. The Labute approximate surface area is 294 Å². The van der Waals surface area contributed by atoms with Crippen LogP contribution in [0.2, 0.25) is 0 Å². The molecule has 0 aliphatic carbocycles. The summed E-state index contributed by atoms with van der Waals surface area (Å²) in [6.07, 6.45) is 7.04. The predicted octanol–water partition coefficient (Wildman–Crippen LogP) is 4.66. The van der Waals surface area contributed by atoms with E-state index in [-0.39, 0.29) is 36.7 Å². The van der Waals surface area contributed by atoms with E-state index < -0.39 is 65.8 Å². The standard InChI is InChI=1S/C40H49N3O7/c1-38(2,3)25-39(4,5)42-22-14-8-13-19-31(45)41-23-30(27-17-11-7-12-18-27)49-37(48)32-29-20-21-40(50-29)33(32)35(46)43(34(40)36(42)47)28(24-44)26-15-9-6-10-16-26/h6-12,14-18,20-21,28-30,32-34,44H,13,19,22-25H2,1-5H3,(H,41,45)/b14-8-/t28-,29-,30-,32+,33+,34-,40+/m1/s1. The van der Waals surface area contributed by atoms with Crippen molar-refractivity contribution in [2.75, 3.05) is 19.7 Å². The van der Waals surface area contributed by atoms with E-state index in [0.29, 0.717) is 24.0 Å². The minimum atomic E-state index is -1.46. The van der Waals surface area contributed by atoms with Crippen LogP contribution in [0, 0.1) is 17.3 Å². The van der Waals surface area contributed by atoms with Crippen molar-refractivity contribution in [1.82, 2.24) is 15.1 Å².